The summed E-state index contributed by atoms with van der Waals surface area (Å²) in [6.07, 6.45) is 5.15. The number of allylic oxidation sites excluding steroid dienone is 4. The molecule has 15 heavy (non-hydrogen) atoms. The summed E-state index contributed by atoms with van der Waals surface area (Å²) in [6, 6.07) is 10.4. The molecule has 0 aliphatic rings. The van der Waals surface area contributed by atoms with E-state index in [0.29, 0.717) is 0 Å². The molecule has 0 aromatic heterocycles. The lowest BCUT2D eigenvalue weighted by atomic mass is 10.0. The lowest BCUT2D eigenvalue weighted by Crippen LogP contribution is -1.82. The van der Waals surface area contributed by atoms with Crippen molar-refractivity contribution in [2.45, 2.75) is 20.3 Å². The summed E-state index contributed by atoms with van der Waals surface area (Å²) in [7, 11) is 1.69. The molecule has 1 rings (SSSR count). The van der Waals surface area contributed by atoms with E-state index in [1.54, 1.807) is 7.11 Å². The standard InChI is InChI=1S/C14H18O/c1-4-13(11-10-12(2)15-3)14-8-6-5-7-9-14/h5-11H,4H2,1-3H3. The Hall–Kier alpha value is -1.50. The molecular formula is C14H18O. The van der Waals surface area contributed by atoms with Crippen LogP contribution in [-0.4, -0.2) is 7.11 Å². The first kappa shape index (κ1) is 11.6. The molecule has 0 saturated carbocycles. The van der Waals surface area contributed by atoms with Gasteiger partial charge in [0.05, 0.1) is 12.9 Å². The number of hydrogen-bond donors (Lipinski definition) is 0. The maximum absolute atomic E-state index is 5.10. The molecular weight excluding hydrogens is 184 g/mol. The predicted molar refractivity (Wildman–Crippen MR) is 65.5 cm³/mol. The molecule has 0 N–H and O–H groups in total. The van der Waals surface area contributed by atoms with E-state index in [1.165, 1.54) is 11.1 Å². The highest BCUT2D eigenvalue weighted by Crippen LogP contribution is 2.17. The van der Waals surface area contributed by atoms with Gasteiger partial charge in [0.15, 0.2) is 0 Å². The molecule has 0 unspecified atom stereocenters. The molecule has 1 aromatic carbocycles. The number of benzene rings is 1. The molecule has 0 aliphatic heterocycles. The third-order valence-corrected chi connectivity index (χ3v) is 2.37. The largest absolute Gasteiger partial charge is 0.501 e. The highest BCUT2D eigenvalue weighted by atomic mass is 16.5. The van der Waals surface area contributed by atoms with Crippen molar-refractivity contribution in [2.75, 3.05) is 7.11 Å². The molecule has 0 atom stereocenters. The summed E-state index contributed by atoms with van der Waals surface area (Å²) in [6.45, 7) is 4.11. The number of ether oxygens (including phenoxy) is 1. The van der Waals surface area contributed by atoms with Gasteiger partial charge in [-0.15, -0.1) is 0 Å². The van der Waals surface area contributed by atoms with Gasteiger partial charge in [-0.05, 0) is 30.6 Å². The second-order valence-electron chi connectivity index (χ2n) is 3.39. The van der Waals surface area contributed by atoms with Gasteiger partial charge in [-0.2, -0.15) is 0 Å². The van der Waals surface area contributed by atoms with Crippen LogP contribution >= 0.6 is 0 Å². The first-order chi connectivity index (χ1) is 7.27. The van der Waals surface area contributed by atoms with Gasteiger partial charge in [-0.25, -0.2) is 0 Å². The van der Waals surface area contributed by atoms with Crippen LogP contribution in [0.1, 0.15) is 25.8 Å². The van der Waals surface area contributed by atoms with E-state index < -0.39 is 0 Å². The van der Waals surface area contributed by atoms with Gasteiger partial charge in [-0.3, -0.25) is 0 Å². The topological polar surface area (TPSA) is 9.23 Å². The average molecular weight is 202 g/mol. The number of rotatable bonds is 4. The average Bonchev–Trinajstić information content (AvgIpc) is 2.31. The second-order valence-corrected chi connectivity index (χ2v) is 3.39. The summed E-state index contributed by atoms with van der Waals surface area (Å²) >= 11 is 0. The molecule has 0 saturated heterocycles. The van der Waals surface area contributed by atoms with Crippen molar-refractivity contribution in [3.63, 3.8) is 0 Å². The van der Waals surface area contributed by atoms with Crippen LogP contribution in [0.4, 0.5) is 0 Å². The molecule has 1 aromatic rings. The van der Waals surface area contributed by atoms with Crippen LogP contribution in [0, 0.1) is 0 Å². The van der Waals surface area contributed by atoms with Crippen molar-refractivity contribution >= 4 is 5.57 Å². The molecule has 0 aliphatic carbocycles. The monoisotopic (exact) mass is 202 g/mol. The summed E-state index contributed by atoms with van der Waals surface area (Å²) in [5.41, 5.74) is 2.60. The van der Waals surface area contributed by atoms with Gasteiger partial charge in [0.2, 0.25) is 0 Å². The van der Waals surface area contributed by atoms with Crippen LogP contribution in [0.25, 0.3) is 5.57 Å². The van der Waals surface area contributed by atoms with Crippen LogP contribution in [0.2, 0.25) is 0 Å². The van der Waals surface area contributed by atoms with Gasteiger partial charge < -0.3 is 4.74 Å². The smallest absolute Gasteiger partial charge is 0.0924 e. The zero-order valence-corrected chi connectivity index (χ0v) is 9.66. The zero-order chi connectivity index (χ0) is 11.1. The van der Waals surface area contributed by atoms with Crippen molar-refractivity contribution < 1.29 is 4.74 Å². The SMILES string of the molecule is CCC(=CC=C(C)OC)c1ccccc1. The van der Waals surface area contributed by atoms with Gasteiger partial charge in [0.1, 0.15) is 0 Å². The first-order valence-corrected chi connectivity index (χ1v) is 5.24. The fourth-order valence-electron chi connectivity index (χ4n) is 1.36. The van der Waals surface area contributed by atoms with E-state index >= 15 is 0 Å². The van der Waals surface area contributed by atoms with E-state index in [2.05, 4.69) is 37.3 Å². The second kappa shape index (κ2) is 6.07. The Bertz CT molecular complexity index is 347. The third-order valence-electron chi connectivity index (χ3n) is 2.37. The quantitative estimate of drug-likeness (QED) is 0.529. The predicted octanol–water partition coefficient (Wildman–Crippen LogP) is 4.03. The van der Waals surface area contributed by atoms with Crippen molar-refractivity contribution in [2.24, 2.45) is 0 Å². The van der Waals surface area contributed by atoms with Crippen LogP contribution < -0.4 is 0 Å². The van der Waals surface area contributed by atoms with Gasteiger partial charge in [0.25, 0.3) is 0 Å². The maximum Gasteiger partial charge on any atom is 0.0924 e. The Morgan fingerprint density at radius 2 is 1.87 bits per heavy atom. The summed E-state index contributed by atoms with van der Waals surface area (Å²) in [5.74, 6) is 0.928. The van der Waals surface area contributed by atoms with E-state index in [1.807, 2.05) is 19.1 Å². The Labute approximate surface area is 92.1 Å². The zero-order valence-electron chi connectivity index (χ0n) is 9.66. The highest BCUT2D eigenvalue weighted by Gasteiger charge is 1.96. The Morgan fingerprint density at radius 3 is 2.40 bits per heavy atom. The molecule has 0 bridgehead atoms. The summed E-state index contributed by atoms with van der Waals surface area (Å²) in [4.78, 5) is 0. The minimum absolute atomic E-state index is 0.928. The van der Waals surface area contributed by atoms with Crippen LogP contribution in [-0.2, 0) is 4.74 Å². The minimum atomic E-state index is 0.928. The van der Waals surface area contributed by atoms with E-state index in [9.17, 15) is 0 Å². The van der Waals surface area contributed by atoms with Crippen molar-refractivity contribution in [3.8, 4) is 0 Å². The van der Waals surface area contributed by atoms with E-state index in [0.717, 1.165) is 12.2 Å². The van der Waals surface area contributed by atoms with Gasteiger partial charge in [-0.1, -0.05) is 43.3 Å². The van der Waals surface area contributed by atoms with Crippen molar-refractivity contribution in [1.29, 1.82) is 0 Å². The van der Waals surface area contributed by atoms with Crippen LogP contribution in [0.15, 0.2) is 48.2 Å². The molecule has 0 fully saturated rings. The molecule has 1 heteroatoms. The van der Waals surface area contributed by atoms with Crippen molar-refractivity contribution in [3.05, 3.63) is 53.8 Å². The Balaban J connectivity index is 2.90. The maximum atomic E-state index is 5.10. The molecule has 80 valence electrons. The van der Waals surface area contributed by atoms with E-state index in [-0.39, 0.29) is 0 Å². The van der Waals surface area contributed by atoms with Gasteiger partial charge in [0, 0.05) is 0 Å². The number of hydrogen-bond acceptors (Lipinski definition) is 1. The third kappa shape index (κ3) is 3.62. The normalized spacial score (nSPS) is 12.7. The number of methoxy groups -OCH3 is 1. The van der Waals surface area contributed by atoms with Crippen molar-refractivity contribution in [1.82, 2.24) is 0 Å². The minimum Gasteiger partial charge on any atom is -0.501 e. The Kier molecular flexibility index (Phi) is 4.69. The summed E-state index contributed by atoms with van der Waals surface area (Å²) in [5, 5.41) is 0. The molecule has 0 amide bonds. The summed E-state index contributed by atoms with van der Waals surface area (Å²) < 4.78 is 5.10. The highest BCUT2D eigenvalue weighted by molar-refractivity contribution is 5.66. The molecule has 0 heterocycles. The first-order valence-electron chi connectivity index (χ1n) is 5.24. The Morgan fingerprint density at radius 1 is 1.20 bits per heavy atom. The lowest BCUT2D eigenvalue weighted by Gasteiger charge is -2.03. The molecule has 0 radical (unpaired) electrons. The fourth-order valence-corrected chi connectivity index (χ4v) is 1.36. The van der Waals surface area contributed by atoms with Gasteiger partial charge >= 0.3 is 0 Å². The van der Waals surface area contributed by atoms with Crippen LogP contribution in [0.3, 0.4) is 0 Å². The fraction of sp³-hybridized carbons (Fsp3) is 0.286. The van der Waals surface area contributed by atoms with E-state index in [4.69, 9.17) is 4.74 Å². The van der Waals surface area contributed by atoms with Crippen LogP contribution in [0.5, 0.6) is 0 Å². The lowest BCUT2D eigenvalue weighted by molar-refractivity contribution is 0.294. The molecule has 0 spiro atoms. The molecule has 1 nitrogen and oxygen atoms in total.